The number of nitriles is 1. The Morgan fingerprint density at radius 2 is 2.31 bits per heavy atom. The van der Waals surface area contributed by atoms with Crippen LogP contribution in [0.15, 0.2) is 12.1 Å². The number of benzene rings is 1. The molecule has 1 aromatic rings. The fourth-order valence-electron chi connectivity index (χ4n) is 1.35. The van der Waals surface area contributed by atoms with E-state index in [0.29, 0.717) is 21.7 Å². The molecule has 0 spiro atoms. The molecule has 4 nitrogen and oxygen atoms in total. The van der Waals surface area contributed by atoms with E-state index in [4.69, 9.17) is 22.6 Å². The molecule has 0 aliphatic rings. The largest absolute Gasteiger partial charge is 0.469 e. The van der Waals surface area contributed by atoms with Crippen LogP contribution < -0.4 is 5.73 Å². The molecule has 0 unspecified atom stereocenters. The fourth-order valence-corrected chi connectivity index (χ4v) is 1.66. The molecular weight excluding hydrogens is 228 g/mol. The lowest BCUT2D eigenvalue weighted by molar-refractivity contribution is -0.139. The van der Waals surface area contributed by atoms with Gasteiger partial charge >= 0.3 is 5.97 Å². The molecular formula is C11H11ClN2O2. The quantitative estimate of drug-likeness (QED) is 0.808. The molecule has 0 fully saturated rings. The van der Waals surface area contributed by atoms with E-state index in [1.165, 1.54) is 7.11 Å². The maximum absolute atomic E-state index is 11.1. The number of rotatable bonds is 3. The van der Waals surface area contributed by atoms with Crippen molar-refractivity contribution in [1.82, 2.24) is 0 Å². The summed E-state index contributed by atoms with van der Waals surface area (Å²) in [4.78, 5) is 11.1. The monoisotopic (exact) mass is 238 g/mol. The third-order valence-electron chi connectivity index (χ3n) is 2.14. The van der Waals surface area contributed by atoms with Crippen LogP contribution >= 0.6 is 11.6 Å². The molecule has 0 aromatic heterocycles. The molecule has 5 heteroatoms. The molecule has 0 atom stereocenters. The Kier molecular flexibility index (Phi) is 4.29. The third kappa shape index (κ3) is 2.72. The third-order valence-corrected chi connectivity index (χ3v) is 2.44. The number of methoxy groups -OCH3 is 1. The van der Waals surface area contributed by atoms with Gasteiger partial charge in [-0.1, -0.05) is 17.7 Å². The first kappa shape index (κ1) is 12.5. The van der Waals surface area contributed by atoms with E-state index in [1.807, 2.05) is 6.07 Å². The average Bonchev–Trinajstić information content (AvgIpc) is 2.28. The van der Waals surface area contributed by atoms with Gasteiger partial charge in [-0.05, 0) is 17.2 Å². The Hall–Kier alpha value is -1.57. The van der Waals surface area contributed by atoms with Crippen LogP contribution in [0.3, 0.4) is 0 Å². The van der Waals surface area contributed by atoms with Crippen LogP contribution in [-0.4, -0.2) is 13.1 Å². The van der Waals surface area contributed by atoms with Gasteiger partial charge in [-0.25, -0.2) is 0 Å². The van der Waals surface area contributed by atoms with Gasteiger partial charge in [0.2, 0.25) is 0 Å². The SMILES string of the molecule is COC(=O)Cc1cc(Cl)c(C#N)c(CN)c1. The van der Waals surface area contributed by atoms with E-state index in [0.717, 1.165) is 0 Å². The van der Waals surface area contributed by atoms with Crippen molar-refractivity contribution in [3.05, 3.63) is 33.8 Å². The molecule has 0 saturated carbocycles. The van der Waals surface area contributed by atoms with Gasteiger partial charge in [0, 0.05) is 6.54 Å². The highest BCUT2D eigenvalue weighted by molar-refractivity contribution is 6.31. The Morgan fingerprint density at radius 1 is 1.62 bits per heavy atom. The number of hydrogen-bond donors (Lipinski definition) is 1. The number of ether oxygens (including phenoxy) is 1. The minimum Gasteiger partial charge on any atom is -0.469 e. The van der Waals surface area contributed by atoms with Crippen molar-refractivity contribution in [2.45, 2.75) is 13.0 Å². The van der Waals surface area contributed by atoms with Gasteiger partial charge in [0.15, 0.2) is 0 Å². The molecule has 1 rings (SSSR count). The summed E-state index contributed by atoms with van der Waals surface area (Å²) in [5.41, 5.74) is 7.18. The molecule has 2 N–H and O–H groups in total. The highest BCUT2D eigenvalue weighted by atomic mass is 35.5. The van der Waals surface area contributed by atoms with Crippen LogP contribution in [0.25, 0.3) is 0 Å². The van der Waals surface area contributed by atoms with E-state index in [-0.39, 0.29) is 18.9 Å². The number of nitrogens with two attached hydrogens (primary N) is 1. The van der Waals surface area contributed by atoms with Gasteiger partial charge in [0.1, 0.15) is 6.07 Å². The van der Waals surface area contributed by atoms with Gasteiger partial charge in [-0.15, -0.1) is 0 Å². The lowest BCUT2D eigenvalue weighted by Gasteiger charge is -2.07. The smallest absolute Gasteiger partial charge is 0.309 e. The lowest BCUT2D eigenvalue weighted by Crippen LogP contribution is -2.07. The Bertz CT molecular complexity index is 452. The Labute approximate surface area is 98.6 Å². The topological polar surface area (TPSA) is 76.1 Å². The predicted octanol–water partition coefficient (Wildman–Crippen LogP) is 1.39. The second-order valence-corrected chi connectivity index (χ2v) is 3.59. The maximum atomic E-state index is 11.1. The minimum atomic E-state index is -0.358. The van der Waals surface area contributed by atoms with Crippen molar-refractivity contribution in [1.29, 1.82) is 5.26 Å². The summed E-state index contributed by atoms with van der Waals surface area (Å²) in [6, 6.07) is 5.26. The summed E-state index contributed by atoms with van der Waals surface area (Å²) in [6.07, 6.45) is 0.120. The highest BCUT2D eigenvalue weighted by Gasteiger charge is 2.10. The minimum absolute atomic E-state index is 0.120. The van der Waals surface area contributed by atoms with Crippen LogP contribution in [0.2, 0.25) is 5.02 Å². The molecule has 84 valence electrons. The first-order valence-corrected chi connectivity index (χ1v) is 4.98. The number of hydrogen-bond acceptors (Lipinski definition) is 4. The molecule has 0 heterocycles. The zero-order chi connectivity index (χ0) is 12.1. The van der Waals surface area contributed by atoms with Gasteiger partial charge in [-0.3, -0.25) is 4.79 Å². The molecule has 16 heavy (non-hydrogen) atoms. The zero-order valence-electron chi connectivity index (χ0n) is 8.79. The maximum Gasteiger partial charge on any atom is 0.309 e. The van der Waals surface area contributed by atoms with Crippen LogP contribution in [0.1, 0.15) is 16.7 Å². The predicted molar refractivity (Wildman–Crippen MR) is 59.8 cm³/mol. The molecule has 0 bridgehead atoms. The van der Waals surface area contributed by atoms with E-state index < -0.39 is 0 Å². The summed E-state index contributed by atoms with van der Waals surface area (Å²) < 4.78 is 4.55. The van der Waals surface area contributed by atoms with Crippen molar-refractivity contribution in [3.63, 3.8) is 0 Å². The van der Waals surface area contributed by atoms with Crippen molar-refractivity contribution in [3.8, 4) is 6.07 Å². The summed E-state index contributed by atoms with van der Waals surface area (Å²) in [7, 11) is 1.32. The van der Waals surface area contributed by atoms with Gasteiger partial charge < -0.3 is 10.5 Å². The van der Waals surface area contributed by atoms with Crippen molar-refractivity contribution in [2.24, 2.45) is 5.73 Å². The number of nitrogens with zero attached hydrogens (tertiary/aromatic N) is 1. The van der Waals surface area contributed by atoms with Crippen molar-refractivity contribution >= 4 is 17.6 Å². The lowest BCUT2D eigenvalue weighted by atomic mass is 10.0. The molecule has 0 aliphatic carbocycles. The fraction of sp³-hybridized carbons (Fsp3) is 0.273. The van der Waals surface area contributed by atoms with Crippen LogP contribution in [0, 0.1) is 11.3 Å². The summed E-state index contributed by atoms with van der Waals surface area (Å²) >= 11 is 5.91. The van der Waals surface area contributed by atoms with Crippen molar-refractivity contribution < 1.29 is 9.53 Å². The summed E-state index contributed by atoms with van der Waals surface area (Å²) in [5.74, 6) is -0.358. The molecule has 0 amide bonds. The molecule has 0 radical (unpaired) electrons. The average molecular weight is 239 g/mol. The molecule has 0 aliphatic heterocycles. The van der Waals surface area contributed by atoms with E-state index >= 15 is 0 Å². The second kappa shape index (κ2) is 5.50. The Balaban J connectivity index is 3.11. The summed E-state index contributed by atoms with van der Waals surface area (Å²) in [6.45, 7) is 0.206. The Morgan fingerprint density at radius 3 is 2.81 bits per heavy atom. The number of carbonyl (C=O) groups is 1. The van der Waals surface area contributed by atoms with Crippen LogP contribution in [0.5, 0.6) is 0 Å². The van der Waals surface area contributed by atoms with Gasteiger partial charge in [-0.2, -0.15) is 5.26 Å². The molecule has 1 aromatic carbocycles. The zero-order valence-corrected chi connectivity index (χ0v) is 9.54. The number of carbonyl (C=O) groups excluding carboxylic acids is 1. The van der Waals surface area contributed by atoms with Crippen LogP contribution in [-0.2, 0) is 22.5 Å². The number of halogens is 1. The van der Waals surface area contributed by atoms with Crippen LogP contribution in [0.4, 0.5) is 0 Å². The molecule has 0 saturated heterocycles. The van der Waals surface area contributed by atoms with E-state index in [2.05, 4.69) is 4.74 Å². The number of esters is 1. The second-order valence-electron chi connectivity index (χ2n) is 3.18. The first-order valence-electron chi connectivity index (χ1n) is 4.60. The van der Waals surface area contributed by atoms with E-state index in [1.54, 1.807) is 12.1 Å². The van der Waals surface area contributed by atoms with Gasteiger partial charge in [0.25, 0.3) is 0 Å². The summed E-state index contributed by atoms with van der Waals surface area (Å²) in [5, 5.41) is 9.18. The first-order chi connectivity index (χ1) is 7.62. The van der Waals surface area contributed by atoms with Gasteiger partial charge in [0.05, 0.1) is 24.1 Å². The van der Waals surface area contributed by atoms with Crippen molar-refractivity contribution in [2.75, 3.05) is 7.11 Å². The highest BCUT2D eigenvalue weighted by Crippen LogP contribution is 2.22. The standard InChI is InChI=1S/C11H11ClN2O2/c1-16-11(15)4-7-2-8(5-13)9(6-14)10(12)3-7/h2-3H,4-5,13H2,1H3. The normalized spacial score (nSPS) is 9.62. The van der Waals surface area contributed by atoms with E-state index in [9.17, 15) is 4.79 Å².